The molecule has 0 spiro atoms. The second kappa shape index (κ2) is 6.67. The number of ether oxygens (including phenoxy) is 1. The summed E-state index contributed by atoms with van der Waals surface area (Å²) in [5, 5.41) is 7.24. The van der Waals surface area contributed by atoms with Gasteiger partial charge in [0, 0.05) is 18.3 Å². The minimum Gasteiger partial charge on any atom is -0.489 e. The van der Waals surface area contributed by atoms with Crippen LogP contribution < -0.4 is 10.1 Å². The van der Waals surface area contributed by atoms with E-state index in [4.69, 9.17) is 4.74 Å². The maximum atomic E-state index is 12.6. The van der Waals surface area contributed by atoms with Gasteiger partial charge in [-0.3, -0.25) is 9.48 Å². The Morgan fingerprint density at radius 2 is 2.00 bits per heavy atom. The number of nitrogens with zero attached hydrogens (tertiary/aromatic N) is 2. The van der Waals surface area contributed by atoms with Crippen molar-refractivity contribution in [3.63, 3.8) is 0 Å². The molecule has 24 heavy (non-hydrogen) atoms. The third-order valence-electron chi connectivity index (χ3n) is 5.24. The van der Waals surface area contributed by atoms with E-state index in [0.29, 0.717) is 25.0 Å². The van der Waals surface area contributed by atoms with Gasteiger partial charge < -0.3 is 10.1 Å². The van der Waals surface area contributed by atoms with Crippen LogP contribution in [0.15, 0.2) is 42.7 Å². The summed E-state index contributed by atoms with van der Waals surface area (Å²) in [6.45, 7) is 1.20. The quantitative estimate of drug-likeness (QED) is 0.886. The minimum absolute atomic E-state index is 0.162. The highest BCUT2D eigenvalue weighted by Gasteiger charge is 2.54. The Morgan fingerprint density at radius 3 is 2.75 bits per heavy atom. The molecule has 0 aliphatic heterocycles. The van der Waals surface area contributed by atoms with Gasteiger partial charge in [-0.05, 0) is 42.9 Å². The van der Waals surface area contributed by atoms with Crippen molar-refractivity contribution in [1.82, 2.24) is 9.78 Å². The van der Waals surface area contributed by atoms with Gasteiger partial charge in [0.05, 0.1) is 12.2 Å². The second-order valence-electron chi connectivity index (χ2n) is 6.74. The first kappa shape index (κ1) is 15.2. The van der Waals surface area contributed by atoms with Crippen LogP contribution in [0.25, 0.3) is 0 Å². The number of carbonyl (C=O) groups is 1. The van der Waals surface area contributed by atoms with Crippen molar-refractivity contribution in [2.24, 2.45) is 17.8 Å². The molecule has 126 valence electrons. The second-order valence-corrected chi connectivity index (χ2v) is 6.74. The molecule has 2 saturated carbocycles. The van der Waals surface area contributed by atoms with Crippen molar-refractivity contribution in [2.75, 3.05) is 11.9 Å². The average Bonchev–Trinajstić information content (AvgIpc) is 3.11. The Labute approximate surface area is 142 Å². The first-order valence-corrected chi connectivity index (χ1v) is 8.83. The van der Waals surface area contributed by atoms with E-state index in [2.05, 4.69) is 10.4 Å². The largest absolute Gasteiger partial charge is 0.489 e. The smallest absolute Gasteiger partial charge is 0.228 e. The van der Waals surface area contributed by atoms with Crippen molar-refractivity contribution in [2.45, 2.75) is 32.2 Å². The van der Waals surface area contributed by atoms with E-state index in [1.165, 1.54) is 25.7 Å². The molecule has 1 N–H and O–H groups in total. The normalized spacial score (nSPS) is 24.9. The van der Waals surface area contributed by atoms with Crippen LogP contribution in [-0.4, -0.2) is 22.3 Å². The fourth-order valence-electron chi connectivity index (χ4n) is 3.97. The highest BCUT2D eigenvalue weighted by atomic mass is 16.5. The van der Waals surface area contributed by atoms with Crippen LogP contribution in [0, 0.1) is 17.8 Å². The van der Waals surface area contributed by atoms with Crippen LogP contribution in [0.2, 0.25) is 0 Å². The minimum atomic E-state index is 0.162. The molecule has 2 aliphatic rings. The Kier molecular flexibility index (Phi) is 4.24. The molecule has 1 aromatic carbocycles. The number of hydrogen-bond donors (Lipinski definition) is 1. The maximum absolute atomic E-state index is 12.6. The molecule has 0 bridgehead atoms. The Hall–Kier alpha value is -2.30. The Bertz CT molecular complexity index is 686. The molecule has 0 unspecified atom stereocenters. The van der Waals surface area contributed by atoms with Gasteiger partial charge in [-0.2, -0.15) is 5.10 Å². The number of anilines is 1. The number of rotatable bonds is 6. The molecular weight excluding hydrogens is 302 g/mol. The maximum Gasteiger partial charge on any atom is 0.228 e. The fraction of sp³-hybridized carbons (Fsp3) is 0.474. The fourth-order valence-corrected chi connectivity index (χ4v) is 3.97. The lowest BCUT2D eigenvalue weighted by atomic mass is 10.0. The van der Waals surface area contributed by atoms with E-state index in [1.54, 1.807) is 6.20 Å². The SMILES string of the molecule is O=C(Nc1ccccc1OCCn1cccn1)C1[C@@H]2CCCC[C@@H]12. The van der Waals surface area contributed by atoms with Crippen LogP contribution >= 0.6 is 0 Å². The molecule has 2 fully saturated rings. The van der Waals surface area contributed by atoms with E-state index in [1.807, 2.05) is 41.2 Å². The van der Waals surface area contributed by atoms with Gasteiger partial charge in [0.15, 0.2) is 0 Å². The molecule has 5 heteroatoms. The topological polar surface area (TPSA) is 56.1 Å². The molecule has 2 atom stereocenters. The Balaban J connectivity index is 1.35. The van der Waals surface area contributed by atoms with Gasteiger partial charge in [-0.1, -0.05) is 25.0 Å². The monoisotopic (exact) mass is 325 g/mol. The van der Waals surface area contributed by atoms with E-state index >= 15 is 0 Å². The summed E-state index contributed by atoms with van der Waals surface area (Å²) < 4.78 is 7.68. The highest BCUT2D eigenvalue weighted by molar-refractivity contribution is 5.96. The molecule has 1 amide bonds. The lowest BCUT2D eigenvalue weighted by Gasteiger charge is -2.12. The molecule has 1 aromatic heterocycles. The lowest BCUT2D eigenvalue weighted by molar-refractivity contribution is -0.117. The average molecular weight is 325 g/mol. The van der Waals surface area contributed by atoms with Crippen LogP contribution in [0.1, 0.15) is 25.7 Å². The van der Waals surface area contributed by atoms with Gasteiger partial charge >= 0.3 is 0 Å². The van der Waals surface area contributed by atoms with Crippen molar-refractivity contribution in [1.29, 1.82) is 0 Å². The van der Waals surface area contributed by atoms with Crippen LogP contribution in [0.5, 0.6) is 5.75 Å². The standard InChI is InChI=1S/C19H23N3O2/c23-19(18-14-6-1-2-7-15(14)18)21-16-8-3-4-9-17(16)24-13-12-22-11-5-10-20-22/h3-5,8-11,14-15,18H,1-2,6-7,12-13H2,(H,21,23)/t14-,15-/m1/s1. The molecule has 2 aromatic rings. The van der Waals surface area contributed by atoms with Crippen LogP contribution in [-0.2, 0) is 11.3 Å². The molecular formula is C19H23N3O2. The van der Waals surface area contributed by atoms with E-state index < -0.39 is 0 Å². The van der Waals surface area contributed by atoms with Gasteiger partial charge in [0.1, 0.15) is 12.4 Å². The molecule has 0 radical (unpaired) electrons. The van der Waals surface area contributed by atoms with E-state index in [0.717, 1.165) is 11.4 Å². The van der Waals surface area contributed by atoms with E-state index in [-0.39, 0.29) is 11.8 Å². The zero-order valence-corrected chi connectivity index (χ0v) is 13.7. The first-order valence-electron chi connectivity index (χ1n) is 8.83. The number of hydrogen-bond acceptors (Lipinski definition) is 3. The summed E-state index contributed by atoms with van der Waals surface area (Å²) in [5.41, 5.74) is 0.770. The first-order chi connectivity index (χ1) is 11.8. The number of nitrogens with one attached hydrogen (secondary N) is 1. The third-order valence-corrected chi connectivity index (χ3v) is 5.24. The van der Waals surface area contributed by atoms with E-state index in [9.17, 15) is 4.79 Å². The van der Waals surface area contributed by atoms with Gasteiger partial charge in [-0.25, -0.2) is 0 Å². The summed E-state index contributed by atoms with van der Waals surface area (Å²) in [7, 11) is 0. The number of carbonyl (C=O) groups excluding carboxylic acids is 1. The summed E-state index contributed by atoms with van der Waals surface area (Å²) in [4.78, 5) is 12.6. The van der Waals surface area contributed by atoms with Gasteiger partial charge in [0.25, 0.3) is 0 Å². The summed E-state index contributed by atoms with van der Waals surface area (Å²) in [6, 6.07) is 9.56. The van der Waals surface area contributed by atoms with Crippen molar-refractivity contribution < 1.29 is 9.53 Å². The summed E-state index contributed by atoms with van der Waals surface area (Å²) in [5.74, 6) is 2.33. The molecule has 2 aliphatic carbocycles. The summed E-state index contributed by atoms with van der Waals surface area (Å²) >= 11 is 0. The zero-order chi connectivity index (χ0) is 16.4. The molecule has 1 heterocycles. The van der Waals surface area contributed by atoms with Crippen LogP contribution in [0.4, 0.5) is 5.69 Å². The number of para-hydroxylation sites is 2. The number of benzene rings is 1. The van der Waals surface area contributed by atoms with Gasteiger partial charge in [-0.15, -0.1) is 0 Å². The van der Waals surface area contributed by atoms with Gasteiger partial charge in [0.2, 0.25) is 5.91 Å². The predicted molar refractivity (Wildman–Crippen MR) is 91.7 cm³/mol. The van der Waals surface area contributed by atoms with Crippen molar-refractivity contribution in [3.8, 4) is 5.75 Å². The van der Waals surface area contributed by atoms with Crippen molar-refractivity contribution in [3.05, 3.63) is 42.7 Å². The Morgan fingerprint density at radius 1 is 1.21 bits per heavy atom. The number of fused-ring (bicyclic) bond motifs is 1. The van der Waals surface area contributed by atoms with Crippen LogP contribution in [0.3, 0.4) is 0 Å². The van der Waals surface area contributed by atoms with Crippen molar-refractivity contribution >= 4 is 11.6 Å². The molecule has 0 saturated heterocycles. The number of amides is 1. The summed E-state index contributed by atoms with van der Waals surface area (Å²) in [6.07, 6.45) is 8.64. The molecule has 5 nitrogen and oxygen atoms in total. The number of aromatic nitrogens is 2. The zero-order valence-electron chi connectivity index (χ0n) is 13.7. The lowest BCUT2D eigenvalue weighted by Crippen LogP contribution is -2.17. The molecule has 4 rings (SSSR count). The predicted octanol–water partition coefficient (Wildman–Crippen LogP) is 3.34. The third kappa shape index (κ3) is 3.16. The highest BCUT2D eigenvalue weighted by Crippen LogP contribution is 2.55.